The highest BCUT2D eigenvalue weighted by atomic mass is 16.5. The average molecular weight is 235 g/mol. The molecule has 3 nitrogen and oxygen atoms in total. The summed E-state index contributed by atoms with van der Waals surface area (Å²) in [5.74, 6) is -0.231. The lowest BCUT2D eigenvalue weighted by Crippen LogP contribution is -2.14. The van der Waals surface area contributed by atoms with E-state index in [0.717, 1.165) is 5.56 Å². The number of rotatable bonds is 3. The minimum absolute atomic E-state index is 0.0527. The maximum Gasteiger partial charge on any atom is 0.310 e. The molecule has 0 aliphatic heterocycles. The van der Waals surface area contributed by atoms with E-state index >= 15 is 0 Å². The first kappa shape index (κ1) is 13.6. The number of hydrogen-bond donors (Lipinski definition) is 1. The summed E-state index contributed by atoms with van der Waals surface area (Å²) >= 11 is 0. The molecule has 0 saturated heterocycles. The Labute approximate surface area is 103 Å². The molecule has 0 spiro atoms. The van der Waals surface area contributed by atoms with Gasteiger partial charge in [-0.3, -0.25) is 4.79 Å². The van der Waals surface area contributed by atoms with Crippen molar-refractivity contribution in [2.24, 2.45) is 0 Å². The van der Waals surface area contributed by atoms with Gasteiger partial charge < -0.3 is 10.5 Å². The summed E-state index contributed by atoms with van der Waals surface area (Å²) in [6, 6.07) is 5.85. The van der Waals surface area contributed by atoms with Gasteiger partial charge in [0.05, 0.1) is 13.0 Å². The van der Waals surface area contributed by atoms with Crippen molar-refractivity contribution >= 4 is 11.7 Å². The number of benzene rings is 1. The molecule has 0 saturated carbocycles. The van der Waals surface area contributed by atoms with Crippen LogP contribution in [0.25, 0.3) is 0 Å². The van der Waals surface area contributed by atoms with E-state index in [4.69, 9.17) is 10.5 Å². The lowest BCUT2D eigenvalue weighted by molar-refractivity contribution is -0.142. The van der Waals surface area contributed by atoms with Crippen LogP contribution in [-0.2, 0) is 21.4 Å². The Morgan fingerprint density at radius 2 is 2.00 bits per heavy atom. The second-order valence-electron chi connectivity index (χ2n) is 5.15. The van der Waals surface area contributed by atoms with E-state index in [0.29, 0.717) is 12.3 Å². The molecule has 1 rings (SSSR count). The Bertz CT molecular complexity index is 405. The minimum atomic E-state index is -0.231. The summed E-state index contributed by atoms with van der Waals surface area (Å²) in [4.78, 5) is 11.4. The van der Waals surface area contributed by atoms with Crippen LogP contribution >= 0.6 is 0 Å². The molecule has 0 aliphatic carbocycles. The molecular formula is C14H21NO2. The SMILES string of the molecule is CCOC(=O)Cc1cc(C(C)(C)C)ccc1N. The molecule has 0 aromatic heterocycles. The zero-order valence-corrected chi connectivity index (χ0v) is 11.0. The van der Waals surface area contributed by atoms with E-state index in [1.165, 1.54) is 5.56 Å². The molecular weight excluding hydrogens is 214 g/mol. The molecule has 0 radical (unpaired) electrons. The maximum atomic E-state index is 11.4. The predicted octanol–water partition coefficient (Wildman–Crippen LogP) is 2.67. The van der Waals surface area contributed by atoms with E-state index in [1.54, 1.807) is 6.92 Å². The molecule has 0 unspecified atom stereocenters. The zero-order chi connectivity index (χ0) is 13.1. The second-order valence-corrected chi connectivity index (χ2v) is 5.15. The summed E-state index contributed by atoms with van der Waals surface area (Å²) in [5.41, 5.74) is 8.58. The molecule has 1 aromatic carbocycles. The lowest BCUT2D eigenvalue weighted by atomic mass is 9.85. The molecule has 3 heteroatoms. The fraction of sp³-hybridized carbons (Fsp3) is 0.500. The summed E-state index contributed by atoms with van der Waals surface area (Å²) in [6.45, 7) is 8.59. The monoisotopic (exact) mass is 235 g/mol. The number of nitrogens with two attached hydrogens (primary N) is 1. The number of carbonyl (C=O) groups excluding carboxylic acids is 1. The van der Waals surface area contributed by atoms with Gasteiger partial charge in [0.15, 0.2) is 0 Å². The van der Waals surface area contributed by atoms with Crippen molar-refractivity contribution < 1.29 is 9.53 Å². The van der Waals surface area contributed by atoms with E-state index in [2.05, 4.69) is 20.8 Å². The van der Waals surface area contributed by atoms with Gasteiger partial charge in [0.1, 0.15) is 0 Å². The molecule has 0 atom stereocenters. The van der Waals surface area contributed by atoms with Crippen LogP contribution in [0.3, 0.4) is 0 Å². The van der Waals surface area contributed by atoms with E-state index in [1.807, 2.05) is 18.2 Å². The molecule has 1 aromatic rings. The van der Waals surface area contributed by atoms with Crippen LogP contribution in [0.15, 0.2) is 18.2 Å². The van der Waals surface area contributed by atoms with Crippen LogP contribution in [0.1, 0.15) is 38.8 Å². The van der Waals surface area contributed by atoms with Crippen LogP contribution in [-0.4, -0.2) is 12.6 Å². The van der Waals surface area contributed by atoms with Gasteiger partial charge in [-0.1, -0.05) is 32.9 Å². The largest absolute Gasteiger partial charge is 0.466 e. The highest BCUT2D eigenvalue weighted by Crippen LogP contribution is 2.25. The van der Waals surface area contributed by atoms with Crippen LogP contribution in [0.5, 0.6) is 0 Å². The van der Waals surface area contributed by atoms with Crippen LogP contribution < -0.4 is 5.73 Å². The van der Waals surface area contributed by atoms with Gasteiger partial charge in [-0.15, -0.1) is 0 Å². The average Bonchev–Trinajstić information content (AvgIpc) is 2.20. The van der Waals surface area contributed by atoms with Gasteiger partial charge >= 0.3 is 5.97 Å². The normalized spacial score (nSPS) is 11.3. The molecule has 17 heavy (non-hydrogen) atoms. The van der Waals surface area contributed by atoms with Crippen molar-refractivity contribution in [1.29, 1.82) is 0 Å². The topological polar surface area (TPSA) is 52.3 Å². The van der Waals surface area contributed by atoms with Crippen molar-refractivity contribution in [2.45, 2.75) is 39.5 Å². The third-order valence-corrected chi connectivity index (χ3v) is 2.65. The fourth-order valence-corrected chi connectivity index (χ4v) is 1.59. The molecule has 2 N–H and O–H groups in total. The molecule has 94 valence electrons. The third-order valence-electron chi connectivity index (χ3n) is 2.65. The van der Waals surface area contributed by atoms with Crippen LogP contribution in [0, 0.1) is 0 Å². The quantitative estimate of drug-likeness (QED) is 0.647. The Kier molecular flexibility index (Phi) is 4.16. The number of nitrogen functional groups attached to an aromatic ring is 1. The Morgan fingerprint density at radius 1 is 1.35 bits per heavy atom. The fourth-order valence-electron chi connectivity index (χ4n) is 1.59. The first-order valence-corrected chi connectivity index (χ1v) is 5.89. The molecule has 0 amide bonds. The maximum absolute atomic E-state index is 11.4. The van der Waals surface area contributed by atoms with Crippen LogP contribution in [0.4, 0.5) is 5.69 Å². The first-order chi connectivity index (χ1) is 7.84. The Balaban J connectivity index is 2.95. The van der Waals surface area contributed by atoms with E-state index in [-0.39, 0.29) is 17.8 Å². The lowest BCUT2D eigenvalue weighted by Gasteiger charge is -2.20. The van der Waals surface area contributed by atoms with Gasteiger partial charge in [-0.2, -0.15) is 0 Å². The molecule has 0 aliphatic rings. The van der Waals surface area contributed by atoms with Crippen molar-refractivity contribution in [1.82, 2.24) is 0 Å². The highest BCUT2D eigenvalue weighted by Gasteiger charge is 2.16. The van der Waals surface area contributed by atoms with Crippen molar-refractivity contribution in [3.05, 3.63) is 29.3 Å². The minimum Gasteiger partial charge on any atom is -0.466 e. The van der Waals surface area contributed by atoms with Crippen molar-refractivity contribution in [3.63, 3.8) is 0 Å². The summed E-state index contributed by atoms with van der Waals surface area (Å²) < 4.78 is 4.93. The number of ether oxygens (including phenoxy) is 1. The van der Waals surface area contributed by atoms with Gasteiger partial charge in [0.2, 0.25) is 0 Å². The van der Waals surface area contributed by atoms with E-state index in [9.17, 15) is 4.79 Å². The second kappa shape index (κ2) is 5.21. The molecule has 0 fully saturated rings. The number of anilines is 1. The number of esters is 1. The van der Waals surface area contributed by atoms with Gasteiger partial charge in [-0.05, 0) is 29.5 Å². The first-order valence-electron chi connectivity index (χ1n) is 5.89. The van der Waals surface area contributed by atoms with Crippen molar-refractivity contribution in [2.75, 3.05) is 12.3 Å². The summed E-state index contributed by atoms with van der Waals surface area (Å²) in [7, 11) is 0. The molecule has 0 bridgehead atoms. The Morgan fingerprint density at radius 3 is 2.53 bits per heavy atom. The smallest absolute Gasteiger partial charge is 0.310 e. The highest BCUT2D eigenvalue weighted by molar-refractivity contribution is 5.75. The summed E-state index contributed by atoms with van der Waals surface area (Å²) in [6.07, 6.45) is 0.240. The van der Waals surface area contributed by atoms with Gasteiger partial charge in [0, 0.05) is 5.69 Å². The third kappa shape index (κ3) is 3.77. The van der Waals surface area contributed by atoms with Gasteiger partial charge in [0.25, 0.3) is 0 Å². The summed E-state index contributed by atoms with van der Waals surface area (Å²) in [5, 5.41) is 0. The number of hydrogen-bond acceptors (Lipinski definition) is 3. The standard InChI is InChI=1S/C14H21NO2/c1-5-17-13(16)9-10-8-11(14(2,3)4)6-7-12(10)15/h6-8H,5,9,15H2,1-4H3. The van der Waals surface area contributed by atoms with Crippen molar-refractivity contribution in [3.8, 4) is 0 Å². The van der Waals surface area contributed by atoms with E-state index < -0.39 is 0 Å². The Hall–Kier alpha value is -1.51. The zero-order valence-electron chi connectivity index (χ0n) is 11.0. The molecule has 0 heterocycles. The predicted molar refractivity (Wildman–Crippen MR) is 69.9 cm³/mol. The van der Waals surface area contributed by atoms with Crippen LogP contribution in [0.2, 0.25) is 0 Å². The number of carbonyl (C=O) groups is 1. The van der Waals surface area contributed by atoms with Gasteiger partial charge in [-0.25, -0.2) is 0 Å².